The fourth-order valence-electron chi connectivity index (χ4n) is 4.35. The van der Waals surface area contributed by atoms with E-state index in [1.807, 2.05) is 0 Å². The van der Waals surface area contributed by atoms with Gasteiger partial charge in [-0.15, -0.1) is 0 Å². The lowest BCUT2D eigenvalue weighted by atomic mass is 10.1. The van der Waals surface area contributed by atoms with Gasteiger partial charge in [-0.1, -0.05) is 111 Å². The van der Waals surface area contributed by atoms with Gasteiger partial charge in [0.05, 0.1) is 13.1 Å². The van der Waals surface area contributed by atoms with Crippen LogP contribution in [0.15, 0.2) is 12.4 Å². The minimum atomic E-state index is 1.20. The quantitative estimate of drug-likeness (QED) is 0.143. The van der Waals surface area contributed by atoms with Crippen molar-refractivity contribution in [3.8, 4) is 0 Å². The smallest absolute Gasteiger partial charge is 0.234 e. The first kappa shape index (κ1) is 26.2. The Morgan fingerprint density at radius 3 is 1.62 bits per heavy atom. The van der Waals surface area contributed by atoms with Crippen LogP contribution in [0.4, 0.5) is 0 Å². The Morgan fingerprint density at radius 1 is 0.586 bits per heavy atom. The summed E-state index contributed by atoms with van der Waals surface area (Å²) in [5.74, 6) is 1.59. The largest absolute Gasteiger partial charge is 0.256 e. The first-order valence-corrected chi connectivity index (χ1v) is 13.4. The van der Waals surface area contributed by atoms with Crippen molar-refractivity contribution >= 4 is 0 Å². The van der Waals surface area contributed by atoms with Gasteiger partial charge in [-0.3, -0.25) is 0 Å². The minimum absolute atomic E-state index is 1.20. The third kappa shape index (κ3) is 13.2. The molecular weight excluding hydrogens is 352 g/mol. The zero-order valence-corrected chi connectivity index (χ0v) is 20.4. The van der Waals surface area contributed by atoms with Crippen LogP contribution in [0.3, 0.4) is 0 Å². The van der Waals surface area contributed by atoms with Crippen molar-refractivity contribution in [2.24, 2.45) is 0 Å². The molecule has 1 rings (SSSR count). The van der Waals surface area contributed by atoms with E-state index in [0.717, 1.165) is 0 Å². The van der Waals surface area contributed by atoms with Crippen molar-refractivity contribution in [2.45, 2.75) is 156 Å². The maximum Gasteiger partial charge on any atom is 0.256 e. The van der Waals surface area contributed by atoms with Gasteiger partial charge in [0.25, 0.3) is 5.82 Å². The molecule has 29 heavy (non-hydrogen) atoms. The second-order valence-corrected chi connectivity index (χ2v) is 9.15. The molecule has 0 fully saturated rings. The predicted molar refractivity (Wildman–Crippen MR) is 128 cm³/mol. The maximum atomic E-state index is 2.57. The highest BCUT2D eigenvalue weighted by Gasteiger charge is 2.16. The van der Waals surface area contributed by atoms with Gasteiger partial charge in [-0.25, -0.2) is 9.13 Å². The molecule has 0 amide bonds. The van der Waals surface area contributed by atoms with Crippen LogP contribution in [0.25, 0.3) is 0 Å². The molecule has 0 aliphatic heterocycles. The number of nitrogens with zero attached hydrogens (tertiary/aromatic N) is 2. The monoisotopic (exact) mass is 405 g/mol. The van der Waals surface area contributed by atoms with E-state index in [2.05, 4.69) is 42.3 Å². The molecule has 1 heterocycles. The van der Waals surface area contributed by atoms with Gasteiger partial charge >= 0.3 is 0 Å². The normalized spacial score (nSPS) is 11.4. The van der Waals surface area contributed by atoms with Gasteiger partial charge in [-0.05, 0) is 25.7 Å². The number of unbranched alkanes of at least 4 members (excludes halogenated alkanes) is 15. The first-order chi connectivity index (χ1) is 14.3. The zero-order chi connectivity index (χ0) is 21.0. The topological polar surface area (TPSA) is 8.81 Å². The fourth-order valence-corrected chi connectivity index (χ4v) is 4.35. The highest BCUT2D eigenvalue weighted by molar-refractivity contribution is 4.84. The van der Waals surface area contributed by atoms with Gasteiger partial charge in [0.15, 0.2) is 0 Å². The first-order valence-electron chi connectivity index (χ1n) is 13.4. The lowest BCUT2D eigenvalue weighted by molar-refractivity contribution is -0.704. The van der Waals surface area contributed by atoms with Crippen molar-refractivity contribution in [3.63, 3.8) is 0 Å². The number of imidazole rings is 1. The Morgan fingerprint density at radius 2 is 1.07 bits per heavy atom. The molecule has 0 bridgehead atoms. The van der Waals surface area contributed by atoms with Crippen LogP contribution in [-0.4, -0.2) is 4.57 Å². The molecule has 0 unspecified atom stereocenters. The molecule has 0 saturated carbocycles. The van der Waals surface area contributed by atoms with Crippen LogP contribution in [0.2, 0.25) is 0 Å². The molecule has 0 saturated heterocycles. The number of rotatable bonds is 21. The van der Waals surface area contributed by atoms with Crippen LogP contribution in [-0.2, 0) is 19.5 Å². The summed E-state index contributed by atoms with van der Waals surface area (Å²) >= 11 is 0. The van der Waals surface area contributed by atoms with E-state index in [1.54, 1.807) is 5.82 Å². The second-order valence-electron chi connectivity index (χ2n) is 9.15. The molecule has 2 nitrogen and oxygen atoms in total. The Kier molecular flexibility index (Phi) is 17.4. The maximum absolute atomic E-state index is 2.57. The standard InChI is InChI=1S/C27H53N2/c1-4-7-10-12-13-14-15-16-17-18-20-22-27-28(23-9-6-3)25-26-29(27)24-21-19-11-8-5-2/h25-26H,4-24H2,1-3H3/q+1. The molecule has 0 atom stereocenters. The molecule has 0 radical (unpaired) electrons. The average molecular weight is 406 g/mol. The van der Waals surface area contributed by atoms with Crippen LogP contribution >= 0.6 is 0 Å². The molecule has 2 heteroatoms. The summed E-state index contributed by atoms with van der Waals surface area (Å²) in [6, 6.07) is 0. The summed E-state index contributed by atoms with van der Waals surface area (Å²) in [6.45, 7) is 9.32. The van der Waals surface area contributed by atoms with E-state index >= 15 is 0 Å². The van der Waals surface area contributed by atoms with Gasteiger partial charge in [0.2, 0.25) is 0 Å². The number of aromatic nitrogens is 2. The van der Waals surface area contributed by atoms with Crippen LogP contribution < -0.4 is 4.57 Å². The Bertz CT molecular complexity index is 463. The van der Waals surface area contributed by atoms with E-state index in [-0.39, 0.29) is 0 Å². The van der Waals surface area contributed by atoms with Gasteiger partial charge < -0.3 is 0 Å². The van der Waals surface area contributed by atoms with Gasteiger partial charge in [0.1, 0.15) is 12.4 Å². The Hall–Kier alpha value is -0.790. The zero-order valence-electron chi connectivity index (χ0n) is 20.4. The van der Waals surface area contributed by atoms with Crippen molar-refractivity contribution in [1.29, 1.82) is 0 Å². The van der Waals surface area contributed by atoms with Gasteiger partial charge in [-0.2, -0.15) is 0 Å². The van der Waals surface area contributed by atoms with Gasteiger partial charge in [0, 0.05) is 6.42 Å². The molecule has 1 aromatic rings. The highest BCUT2D eigenvalue weighted by Crippen LogP contribution is 2.13. The van der Waals surface area contributed by atoms with Crippen LogP contribution in [0.1, 0.15) is 142 Å². The summed E-state index contributed by atoms with van der Waals surface area (Å²) in [7, 11) is 0. The molecule has 0 aliphatic carbocycles. The predicted octanol–water partition coefficient (Wildman–Crippen LogP) is 8.40. The minimum Gasteiger partial charge on any atom is -0.234 e. The number of hydrogen-bond acceptors (Lipinski definition) is 0. The molecule has 0 N–H and O–H groups in total. The molecule has 0 aromatic carbocycles. The van der Waals surface area contributed by atoms with Crippen molar-refractivity contribution in [2.75, 3.05) is 0 Å². The van der Waals surface area contributed by atoms with E-state index < -0.39 is 0 Å². The lowest BCUT2D eigenvalue weighted by Crippen LogP contribution is -2.37. The third-order valence-corrected chi connectivity index (χ3v) is 6.35. The van der Waals surface area contributed by atoms with Crippen molar-refractivity contribution < 1.29 is 4.57 Å². The SMILES string of the molecule is CCCCCCCCCCCCCc1n(CCCCCCC)cc[n+]1CCCC. The number of hydrogen-bond donors (Lipinski definition) is 0. The Labute approximate surface area is 183 Å². The Balaban J connectivity index is 2.24. The summed E-state index contributed by atoms with van der Waals surface area (Å²) in [5, 5.41) is 0. The van der Waals surface area contributed by atoms with E-state index in [0.29, 0.717) is 0 Å². The summed E-state index contributed by atoms with van der Waals surface area (Å²) in [4.78, 5) is 0. The van der Waals surface area contributed by atoms with Crippen LogP contribution in [0.5, 0.6) is 0 Å². The third-order valence-electron chi connectivity index (χ3n) is 6.35. The van der Waals surface area contributed by atoms with E-state index in [9.17, 15) is 0 Å². The molecule has 1 aromatic heterocycles. The summed E-state index contributed by atoms with van der Waals surface area (Å²) < 4.78 is 5.11. The molecular formula is C27H53N2+. The molecule has 0 aliphatic rings. The fraction of sp³-hybridized carbons (Fsp3) is 0.889. The van der Waals surface area contributed by atoms with Crippen molar-refractivity contribution in [1.82, 2.24) is 4.57 Å². The van der Waals surface area contributed by atoms with E-state index in [4.69, 9.17) is 0 Å². The van der Waals surface area contributed by atoms with Crippen LogP contribution in [0, 0.1) is 0 Å². The lowest BCUT2D eigenvalue weighted by Gasteiger charge is -2.06. The summed E-state index contributed by atoms with van der Waals surface area (Å²) in [5.41, 5.74) is 0. The van der Waals surface area contributed by atoms with E-state index in [1.165, 1.54) is 135 Å². The molecule has 0 spiro atoms. The second kappa shape index (κ2) is 19.2. The molecule has 170 valence electrons. The summed E-state index contributed by atoms with van der Waals surface area (Å²) in [6.07, 6.45) is 31.1. The highest BCUT2D eigenvalue weighted by atomic mass is 15.1. The average Bonchev–Trinajstić information content (AvgIpc) is 3.12. The number of aryl methyl sites for hydroxylation is 2. The van der Waals surface area contributed by atoms with Crippen molar-refractivity contribution in [3.05, 3.63) is 18.2 Å².